The molecule has 0 amide bonds. The molecule has 3 aromatic carbocycles. The van der Waals surface area contributed by atoms with Gasteiger partial charge in [0, 0.05) is 12.1 Å². The standard InChI is InChI=1S/C14H9N2.F6P/c15-16-12-8-7-11-6-5-10-3-1-2-4-13(10)14(11)9-12;1-7(2,3,4,5)6/h1-9H;/q+1;-1. The molecule has 0 aliphatic rings. The summed E-state index contributed by atoms with van der Waals surface area (Å²) < 4.78 is 59.2. The number of rotatable bonds is 0. The average molecular weight is 350 g/mol. The maximum Gasteiger partial charge on any atom is 0.385 e. The van der Waals surface area contributed by atoms with Crippen molar-refractivity contribution in [2.24, 2.45) is 0 Å². The smallest absolute Gasteiger partial charge is 0.0616 e. The van der Waals surface area contributed by atoms with E-state index in [4.69, 9.17) is 5.39 Å². The Hall–Kier alpha value is -2.39. The van der Waals surface area contributed by atoms with Crippen LogP contribution in [0.3, 0.4) is 0 Å². The molecule has 0 N–H and O–H groups in total. The van der Waals surface area contributed by atoms with Crippen LogP contribution in [-0.2, 0) is 0 Å². The molecule has 3 aromatic rings. The molecule has 0 saturated carbocycles. The van der Waals surface area contributed by atoms with Crippen LogP contribution in [0.1, 0.15) is 0 Å². The first kappa shape index (κ1) is 17.0. The van der Waals surface area contributed by atoms with Crippen LogP contribution in [0.25, 0.3) is 26.5 Å². The van der Waals surface area contributed by atoms with E-state index in [9.17, 15) is 25.2 Å². The van der Waals surface area contributed by atoms with Gasteiger partial charge in [0.15, 0.2) is 4.98 Å². The first-order valence-corrected chi connectivity index (χ1v) is 8.19. The minimum atomic E-state index is -10.7. The quantitative estimate of drug-likeness (QED) is 0.175. The Kier molecular flexibility index (Phi) is 3.54. The maximum atomic E-state index is 9.87. The van der Waals surface area contributed by atoms with Crippen molar-refractivity contribution in [3.05, 3.63) is 59.6 Å². The Morgan fingerprint density at radius 1 is 0.696 bits per heavy atom. The molecular formula is C14H9F6N2P. The van der Waals surface area contributed by atoms with E-state index in [1.807, 2.05) is 24.3 Å². The Balaban J connectivity index is 0.000000236. The van der Waals surface area contributed by atoms with Gasteiger partial charge in [-0.2, -0.15) is 0 Å². The second-order valence-electron chi connectivity index (χ2n) is 4.75. The van der Waals surface area contributed by atoms with Gasteiger partial charge in [-0.15, -0.1) is 0 Å². The van der Waals surface area contributed by atoms with E-state index >= 15 is 0 Å². The first-order valence-electron chi connectivity index (χ1n) is 6.16. The number of hydrogen-bond acceptors (Lipinski definition) is 1. The fraction of sp³-hybridized carbons (Fsp3) is 0. The molecule has 23 heavy (non-hydrogen) atoms. The van der Waals surface area contributed by atoms with Crippen molar-refractivity contribution in [3.8, 4) is 0 Å². The van der Waals surface area contributed by atoms with E-state index in [1.165, 1.54) is 10.8 Å². The van der Waals surface area contributed by atoms with Gasteiger partial charge in [0.25, 0.3) is 0 Å². The zero-order chi connectivity index (χ0) is 17.4. The van der Waals surface area contributed by atoms with E-state index in [0.29, 0.717) is 5.69 Å². The zero-order valence-corrected chi connectivity index (χ0v) is 12.2. The molecule has 3 rings (SSSR count). The Morgan fingerprint density at radius 3 is 1.74 bits per heavy atom. The van der Waals surface area contributed by atoms with E-state index in [1.54, 1.807) is 6.07 Å². The number of nitrogens with zero attached hydrogens (tertiary/aromatic N) is 2. The molecule has 0 spiro atoms. The van der Waals surface area contributed by atoms with Gasteiger partial charge in [0.1, 0.15) is 0 Å². The Labute approximate surface area is 126 Å². The second kappa shape index (κ2) is 4.80. The van der Waals surface area contributed by atoms with E-state index in [0.717, 1.165) is 10.8 Å². The predicted molar refractivity (Wildman–Crippen MR) is 79.8 cm³/mol. The molecule has 2 nitrogen and oxygen atoms in total. The summed E-state index contributed by atoms with van der Waals surface area (Å²) in [7, 11) is -10.7. The topological polar surface area (TPSA) is 28.1 Å². The van der Waals surface area contributed by atoms with Crippen molar-refractivity contribution >= 4 is 35.0 Å². The third kappa shape index (κ3) is 5.72. The van der Waals surface area contributed by atoms with Gasteiger partial charge in [-0.3, -0.25) is 0 Å². The molecule has 0 heterocycles. The van der Waals surface area contributed by atoms with Gasteiger partial charge in [-0.05, 0) is 27.6 Å². The average Bonchev–Trinajstić information content (AvgIpc) is 2.43. The Bertz CT molecular complexity index is 918. The summed E-state index contributed by atoms with van der Waals surface area (Å²) in [5, 5.41) is 13.5. The predicted octanol–water partition coefficient (Wildman–Crippen LogP) is 7.86. The summed E-state index contributed by atoms with van der Waals surface area (Å²) in [5.74, 6) is 0. The molecule has 9 heteroatoms. The third-order valence-corrected chi connectivity index (χ3v) is 2.85. The Morgan fingerprint density at radius 2 is 1.17 bits per heavy atom. The van der Waals surface area contributed by atoms with Crippen molar-refractivity contribution in [2.75, 3.05) is 0 Å². The van der Waals surface area contributed by atoms with Crippen molar-refractivity contribution in [3.63, 3.8) is 0 Å². The van der Waals surface area contributed by atoms with Crippen LogP contribution in [0.15, 0.2) is 54.6 Å². The summed E-state index contributed by atoms with van der Waals surface area (Å²) in [5.41, 5.74) is 0.587. The van der Waals surface area contributed by atoms with E-state index in [-0.39, 0.29) is 0 Å². The van der Waals surface area contributed by atoms with Crippen LogP contribution >= 0.6 is 7.81 Å². The molecular weight excluding hydrogens is 341 g/mol. The molecule has 0 aromatic heterocycles. The van der Waals surface area contributed by atoms with Crippen LogP contribution in [0.4, 0.5) is 30.9 Å². The van der Waals surface area contributed by atoms with Crippen LogP contribution in [-0.4, -0.2) is 0 Å². The maximum absolute atomic E-state index is 10.7. The van der Waals surface area contributed by atoms with Gasteiger partial charge in [-0.1, -0.05) is 36.4 Å². The summed E-state index contributed by atoms with van der Waals surface area (Å²) in [4.78, 5) is 3.23. The molecule has 0 atom stereocenters. The number of fused-ring (bicyclic) bond motifs is 3. The van der Waals surface area contributed by atoms with E-state index in [2.05, 4.69) is 29.2 Å². The molecule has 0 aliphatic heterocycles. The number of halogens is 6. The van der Waals surface area contributed by atoms with Gasteiger partial charge >= 0.3 is 38.7 Å². The summed E-state index contributed by atoms with van der Waals surface area (Å²) in [6.45, 7) is 0. The largest absolute Gasteiger partial charge is 0.385 e. The van der Waals surface area contributed by atoms with Crippen LogP contribution < -0.4 is 0 Å². The zero-order valence-electron chi connectivity index (χ0n) is 11.3. The molecule has 122 valence electrons. The van der Waals surface area contributed by atoms with Crippen LogP contribution in [0, 0.1) is 5.39 Å². The SMILES string of the molecule is F[P-](F)(F)(F)(F)F.N#[N+]c1ccc2ccc3ccccc3c2c1. The molecule has 0 fully saturated rings. The number of hydrogen-bond donors (Lipinski definition) is 0. The monoisotopic (exact) mass is 350 g/mol. The van der Waals surface area contributed by atoms with Crippen molar-refractivity contribution in [2.45, 2.75) is 0 Å². The number of benzene rings is 3. The normalized spacial score (nSPS) is 14.3. The van der Waals surface area contributed by atoms with Gasteiger partial charge < -0.3 is 0 Å². The minimum Gasteiger partial charge on any atom is -0.0616 e. The van der Waals surface area contributed by atoms with Crippen molar-refractivity contribution in [1.29, 1.82) is 5.39 Å². The summed E-state index contributed by atoms with van der Waals surface area (Å²) in [6.07, 6.45) is 0. The molecule has 0 aliphatic carbocycles. The molecule has 0 saturated heterocycles. The molecule has 0 radical (unpaired) electrons. The number of diazo groups is 1. The second-order valence-corrected chi connectivity index (χ2v) is 6.67. The fourth-order valence-electron chi connectivity index (χ4n) is 2.05. The van der Waals surface area contributed by atoms with Gasteiger partial charge in [0.2, 0.25) is 5.39 Å². The van der Waals surface area contributed by atoms with Crippen molar-refractivity contribution < 1.29 is 25.2 Å². The summed E-state index contributed by atoms with van der Waals surface area (Å²) in [6, 6.07) is 18.1. The molecule has 0 bridgehead atoms. The molecule has 0 unspecified atom stereocenters. The summed E-state index contributed by atoms with van der Waals surface area (Å²) >= 11 is 0. The van der Waals surface area contributed by atoms with Gasteiger partial charge in [-0.25, -0.2) is 0 Å². The minimum absolute atomic E-state index is 0.587. The van der Waals surface area contributed by atoms with Crippen molar-refractivity contribution in [1.82, 2.24) is 0 Å². The first-order chi connectivity index (χ1) is 10.3. The van der Waals surface area contributed by atoms with E-state index < -0.39 is 7.81 Å². The van der Waals surface area contributed by atoms with Gasteiger partial charge in [0.05, 0.1) is 0 Å². The van der Waals surface area contributed by atoms with Crippen LogP contribution in [0.2, 0.25) is 0 Å². The third-order valence-electron chi connectivity index (χ3n) is 2.85. The van der Waals surface area contributed by atoms with Crippen LogP contribution in [0.5, 0.6) is 0 Å². The fourth-order valence-corrected chi connectivity index (χ4v) is 2.05.